The second kappa shape index (κ2) is 4.86. The average molecular weight is 309 g/mol. The second-order valence-corrected chi connectivity index (χ2v) is 4.44. The summed E-state index contributed by atoms with van der Waals surface area (Å²) in [6.07, 6.45) is -4.75. The van der Waals surface area contributed by atoms with Gasteiger partial charge < -0.3 is 4.98 Å². The monoisotopic (exact) mass is 308 g/mol. The predicted octanol–water partition coefficient (Wildman–Crippen LogP) is 3.76. The van der Waals surface area contributed by atoms with E-state index >= 15 is 0 Å². The molecule has 0 amide bonds. The van der Waals surface area contributed by atoms with Crippen LogP contribution in [0.25, 0.3) is 11.3 Å². The molecule has 2 aromatic rings. The van der Waals surface area contributed by atoms with Gasteiger partial charge in [0, 0.05) is 16.7 Å². The van der Waals surface area contributed by atoms with Gasteiger partial charge in [0.2, 0.25) is 5.82 Å². The van der Waals surface area contributed by atoms with Crippen molar-refractivity contribution in [3.8, 4) is 11.3 Å². The van der Waals surface area contributed by atoms with Crippen molar-refractivity contribution >= 4 is 23.2 Å². The molecule has 0 spiro atoms. The number of nitrogens with one attached hydrogen (secondary N) is 1. The van der Waals surface area contributed by atoms with E-state index in [1.807, 2.05) is 0 Å². The highest BCUT2D eigenvalue weighted by molar-refractivity contribution is 6.35. The summed E-state index contributed by atoms with van der Waals surface area (Å²) in [5.41, 5.74) is -0.956. The number of aromatic amines is 1. The molecule has 0 aliphatic rings. The fraction of sp³-hybridized carbons (Fsp3) is 0.0909. The maximum absolute atomic E-state index is 12.6. The van der Waals surface area contributed by atoms with Crippen molar-refractivity contribution in [2.45, 2.75) is 6.18 Å². The van der Waals surface area contributed by atoms with E-state index in [9.17, 15) is 18.0 Å². The van der Waals surface area contributed by atoms with Crippen molar-refractivity contribution in [2.75, 3.05) is 0 Å². The van der Waals surface area contributed by atoms with Crippen LogP contribution in [0, 0.1) is 0 Å². The first-order valence-electron chi connectivity index (χ1n) is 4.91. The molecule has 0 aliphatic carbocycles. The van der Waals surface area contributed by atoms with Crippen LogP contribution in [0.3, 0.4) is 0 Å². The van der Waals surface area contributed by atoms with Gasteiger partial charge >= 0.3 is 6.18 Å². The predicted molar refractivity (Wildman–Crippen MR) is 65.3 cm³/mol. The molecule has 19 heavy (non-hydrogen) atoms. The minimum absolute atomic E-state index is 0.149. The molecule has 0 unspecified atom stereocenters. The van der Waals surface area contributed by atoms with E-state index in [0.29, 0.717) is 0 Å². The van der Waals surface area contributed by atoms with Crippen LogP contribution in [0.1, 0.15) is 5.82 Å². The summed E-state index contributed by atoms with van der Waals surface area (Å²) in [6, 6.07) is 5.15. The van der Waals surface area contributed by atoms with Gasteiger partial charge in [0.05, 0.1) is 10.7 Å². The maximum atomic E-state index is 12.6. The first kappa shape index (κ1) is 13.9. The smallest absolute Gasteiger partial charge is 0.303 e. The lowest BCUT2D eigenvalue weighted by molar-refractivity contribution is -0.145. The summed E-state index contributed by atoms with van der Waals surface area (Å²) in [6.45, 7) is 0. The van der Waals surface area contributed by atoms with Gasteiger partial charge in [-0.05, 0) is 18.2 Å². The van der Waals surface area contributed by atoms with Gasteiger partial charge in [0.25, 0.3) is 5.56 Å². The molecular formula is C11H5Cl2F3N2O. The minimum Gasteiger partial charge on any atom is -0.303 e. The third-order valence-corrected chi connectivity index (χ3v) is 2.78. The van der Waals surface area contributed by atoms with Crippen molar-refractivity contribution in [3.63, 3.8) is 0 Å². The molecule has 0 radical (unpaired) electrons. The Hall–Kier alpha value is -1.53. The quantitative estimate of drug-likeness (QED) is 0.871. The van der Waals surface area contributed by atoms with E-state index in [0.717, 1.165) is 6.07 Å². The van der Waals surface area contributed by atoms with Gasteiger partial charge in [-0.3, -0.25) is 4.79 Å². The lowest BCUT2D eigenvalue weighted by Gasteiger charge is -2.08. The van der Waals surface area contributed by atoms with Crippen LogP contribution in [0.5, 0.6) is 0 Å². The Bertz CT molecular complexity index is 682. The van der Waals surface area contributed by atoms with E-state index < -0.39 is 17.6 Å². The third-order valence-electron chi connectivity index (χ3n) is 2.21. The van der Waals surface area contributed by atoms with Crippen LogP contribution in [0.2, 0.25) is 10.0 Å². The van der Waals surface area contributed by atoms with E-state index in [1.54, 1.807) is 4.98 Å². The topological polar surface area (TPSA) is 45.8 Å². The van der Waals surface area contributed by atoms with Crippen molar-refractivity contribution < 1.29 is 13.2 Å². The zero-order valence-electron chi connectivity index (χ0n) is 9.05. The Kier molecular flexibility index (Phi) is 3.56. The summed E-state index contributed by atoms with van der Waals surface area (Å²) in [7, 11) is 0. The fourth-order valence-corrected chi connectivity index (χ4v) is 1.81. The van der Waals surface area contributed by atoms with Crippen LogP contribution >= 0.6 is 23.2 Å². The maximum Gasteiger partial charge on any atom is 0.449 e. The highest BCUT2D eigenvalue weighted by Gasteiger charge is 2.34. The van der Waals surface area contributed by atoms with Gasteiger partial charge in [-0.2, -0.15) is 13.2 Å². The molecule has 0 aliphatic heterocycles. The third kappa shape index (κ3) is 3.08. The minimum atomic E-state index is -4.75. The fourth-order valence-electron chi connectivity index (χ4n) is 1.42. The van der Waals surface area contributed by atoms with Crippen LogP contribution in [-0.2, 0) is 6.18 Å². The SMILES string of the molecule is O=c1cc(-c2cc(Cl)ccc2Cl)nc(C(F)(F)F)[nH]1. The first-order chi connectivity index (χ1) is 8.77. The number of H-pyrrole nitrogens is 1. The van der Waals surface area contributed by atoms with Crippen LogP contribution in [0.4, 0.5) is 13.2 Å². The van der Waals surface area contributed by atoms with Crippen LogP contribution < -0.4 is 5.56 Å². The second-order valence-electron chi connectivity index (χ2n) is 3.60. The molecule has 1 aromatic carbocycles. The molecule has 0 bridgehead atoms. The normalized spacial score (nSPS) is 11.6. The molecule has 0 saturated heterocycles. The number of aromatic nitrogens is 2. The summed E-state index contributed by atoms with van der Waals surface area (Å²) in [4.78, 5) is 16.2. The van der Waals surface area contributed by atoms with Crippen molar-refractivity contribution in [1.29, 1.82) is 0 Å². The van der Waals surface area contributed by atoms with Crippen molar-refractivity contribution in [3.05, 3.63) is 50.5 Å². The van der Waals surface area contributed by atoms with Gasteiger partial charge in [-0.15, -0.1) is 0 Å². The molecular weight excluding hydrogens is 304 g/mol. The lowest BCUT2D eigenvalue weighted by Crippen LogP contribution is -2.18. The molecule has 0 saturated carbocycles. The molecule has 8 heteroatoms. The molecule has 100 valence electrons. The zero-order chi connectivity index (χ0) is 14.2. The molecule has 3 nitrogen and oxygen atoms in total. The Morgan fingerprint density at radius 1 is 1.16 bits per heavy atom. The average Bonchev–Trinajstić information content (AvgIpc) is 2.30. The van der Waals surface area contributed by atoms with E-state index in [2.05, 4.69) is 4.98 Å². The highest BCUT2D eigenvalue weighted by Crippen LogP contribution is 2.31. The number of rotatable bonds is 1. The number of halogens is 5. The molecule has 0 fully saturated rings. The Morgan fingerprint density at radius 2 is 1.84 bits per heavy atom. The van der Waals surface area contributed by atoms with Gasteiger partial charge in [0.1, 0.15) is 0 Å². The first-order valence-corrected chi connectivity index (χ1v) is 5.67. The molecule has 1 heterocycles. The number of hydrogen-bond donors (Lipinski definition) is 1. The molecule has 2 rings (SSSR count). The Morgan fingerprint density at radius 3 is 2.47 bits per heavy atom. The standard InChI is InChI=1S/C11H5Cl2F3N2O/c12-5-1-2-7(13)6(3-5)8-4-9(19)18-10(17-8)11(14,15)16/h1-4H,(H,17,18,19). The van der Waals surface area contributed by atoms with E-state index in [4.69, 9.17) is 23.2 Å². The van der Waals surface area contributed by atoms with Crippen LogP contribution in [0.15, 0.2) is 29.1 Å². The Labute approximate surface area is 115 Å². The lowest BCUT2D eigenvalue weighted by atomic mass is 10.1. The number of nitrogens with zero attached hydrogens (tertiary/aromatic N) is 1. The summed E-state index contributed by atoms with van der Waals surface area (Å²) < 4.78 is 37.7. The zero-order valence-corrected chi connectivity index (χ0v) is 10.6. The van der Waals surface area contributed by atoms with E-state index in [-0.39, 0.29) is 21.3 Å². The van der Waals surface area contributed by atoms with Crippen LogP contribution in [-0.4, -0.2) is 9.97 Å². The van der Waals surface area contributed by atoms with Crippen molar-refractivity contribution in [1.82, 2.24) is 9.97 Å². The molecule has 0 atom stereocenters. The summed E-state index contributed by atoms with van der Waals surface area (Å²) in [5, 5.41) is 0.422. The number of alkyl halides is 3. The van der Waals surface area contributed by atoms with E-state index in [1.165, 1.54) is 18.2 Å². The Balaban J connectivity index is 2.66. The largest absolute Gasteiger partial charge is 0.449 e. The highest BCUT2D eigenvalue weighted by atomic mass is 35.5. The molecule has 1 N–H and O–H groups in total. The summed E-state index contributed by atoms with van der Waals surface area (Å²) >= 11 is 11.6. The van der Waals surface area contributed by atoms with Gasteiger partial charge in [-0.25, -0.2) is 4.98 Å². The molecule has 1 aromatic heterocycles. The van der Waals surface area contributed by atoms with Gasteiger partial charge in [-0.1, -0.05) is 23.2 Å². The van der Waals surface area contributed by atoms with Gasteiger partial charge in [0.15, 0.2) is 0 Å². The number of hydrogen-bond acceptors (Lipinski definition) is 2. The number of benzene rings is 1. The summed E-state index contributed by atoms with van der Waals surface area (Å²) in [5.74, 6) is -1.38. The van der Waals surface area contributed by atoms with Crippen molar-refractivity contribution in [2.24, 2.45) is 0 Å².